The van der Waals surface area contributed by atoms with Crippen LogP contribution >= 0.6 is 0 Å². The molecule has 12 N–H and O–H groups in total. The van der Waals surface area contributed by atoms with Crippen molar-refractivity contribution in [2.45, 2.75) is 213 Å². The van der Waals surface area contributed by atoms with Crippen molar-refractivity contribution >= 4 is 11.8 Å². The lowest BCUT2D eigenvalue weighted by Gasteiger charge is -2.08. The summed E-state index contributed by atoms with van der Waals surface area (Å²) >= 11 is 0. The molecule has 2 amide bonds. The molecule has 53 heavy (non-hydrogen) atoms. The summed E-state index contributed by atoms with van der Waals surface area (Å²) in [4.78, 5) is 26.4. The molecular weight excluding hydrogens is 659 g/mol. The van der Waals surface area contributed by atoms with E-state index in [1.54, 1.807) is 6.20 Å². The molecule has 1 saturated heterocycles. The number of unbranched alkanes of at least 4 members (excludes halogenated alkanes) is 28. The second kappa shape index (κ2) is 41.7. The molecule has 0 aliphatic carbocycles. The van der Waals surface area contributed by atoms with Crippen molar-refractivity contribution in [3.8, 4) is 0 Å². The first-order chi connectivity index (χ1) is 25.7. The molecule has 0 saturated carbocycles. The van der Waals surface area contributed by atoms with Gasteiger partial charge in [0.25, 0.3) is 0 Å². The van der Waals surface area contributed by atoms with Crippen LogP contribution in [0.2, 0.25) is 0 Å². The fourth-order valence-electron chi connectivity index (χ4n) is 6.34. The normalized spacial score (nSPS) is 13.9. The van der Waals surface area contributed by atoms with Crippen molar-refractivity contribution in [2.24, 2.45) is 40.3 Å². The third-order valence-electron chi connectivity index (χ3n) is 9.67. The topological polar surface area (TPSA) is 194 Å². The van der Waals surface area contributed by atoms with Crippen LogP contribution in [-0.2, 0) is 9.59 Å². The highest BCUT2D eigenvalue weighted by Gasteiger charge is 2.35. The molecule has 1 aliphatic rings. The van der Waals surface area contributed by atoms with Crippen LogP contribution in [0.4, 0.5) is 0 Å². The molecule has 0 bridgehead atoms. The van der Waals surface area contributed by atoms with E-state index in [9.17, 15) is 9.59 Å². The number of carbonyl (C=O) groups is 2. The Labute approximate surface area is 327 Å². The van der Waals surface area contributed by atoms with Gasteiger partial charge in [-0.15, -0.1) is 0 Å². The Hall–Kier alpha value is -3.10. The summed E-state index contributed by atoms with van der Waals surface area (Å²) < 4.78 is 0. The standard InChI is InChI=1S/C40H73NO2.2C2H7N3/c1-3-5-7-9-11-13-15-17-19-21-23-25-27-29-31-33-35-38-37-39(42)41(40(38)43)36-34-32-30-28-26-24-22-20-18-16-14-12-10-8-6-4-2;2*3-1-2(4)5/h33-36,38H,3-32,37H2,1-2H3;2*1H,3-5H2/b35-33+,36-34+;;. The fraction of sp³-hybridized carbons (Fsp3) is 0.773. The molecule has 1 heterocycles. The number of hydrogen-bond donors (Lipinski definition) is 6. The minimum absolute atomic E-state index is 0.0422. The molecule has 9 nitrogen and oxygen atoms in total. The molecule has 1 aliphatic heterocycles. The van der Waals surface area contributed by atoms with Crippen molar-refractivity contribution in [3.63, 3.8) is 0 Å². The van der Waals surface area contributed by atoms with Crippen LogP contribution in [0.5, 0.6) is 0 Å². The first-order valence-corrected chi connectivity index (χ1v) is 21.8. The SMILES string of the molecule is CCCCCCCCCCCCCCCC/C=C/C1CC(=O)N(/C=C/CCCCCCCCCCCCCCCC)C1=O.NC=C(N)N.NC=C(N)N. The maximum atomic E-state index is 12.7. The molecule has 310 valence electrons. The maximum absolute atomic E-state index is 12.7. The Kier molecular flexibility index (Phi) is 40.9. The minimum Gasteiger partial charge on any atom is -0.402 e. The van der Waals surface area contributed by atoms with Gasteiger partial charge >= 0.3 is 0 Å². The molecule has 0 aromatic rings. The number of carbonyl (C=O) groups excluding carboxylic acids is 2. The van der Waals surface area contributed by atoms with E-state index in [-0.39, 0.29) is 29.4 Å². The van der Waals surface area contributed by atoms with Crippen LogP contribution in [-0.4, -0.2) is 16.7 Å². The average Bonchev–Trinajstić information content (AvgIpc) is 3.42. The average molecular weight is 746 g/mol. The Bertz CT molecular complexity index is 924. The summed E-state index contributed by atoms with van der Waals surface area (Å²) in [6, 6.07) is 0. The highest BCUT2D eigenvalue weighted by atomic mass is 16.2. The zero-order valence-corrected chi connectivity index (χ0v) is 34.7. The zero-order valence-electron chi connectivity index (χ0n) is 34.7. The van der Waals surface area contributed by atoms with Gasteiger partial charge in [0.15, 0.2) is 0 Å². The molecule has 1 fully saturated rings. The molecule has 1 rings (SSSR count). The van der Waals surface area contributed by atoms with Crippen LogP contribution < -0.4 is 34.4 Å². The number of imide groups is 1. The van der Waals surface area contributed by atoms with Crippen molar-refractivity contribution in [3.05, 3.63) is 48.5 Å². The second-order valence-electron chi connectivity index (χ2n) is 14.8. The Morgan fingerprint density at radius 3 is 1.09 bits per heavy atom. The molecule has 0 spiro atoms. The molecular formula is C44H87N7O2. The lowest BCUT2D eigenvalue weighted by Crippen LogP contribution is -2.24. The third kappa shape index (κ3) is 38.4. The van der Waals surface area contributed by atoms with E-state index in [1.165, 1.54) is 178 Å². The van der Waals surface area contributed by atoms with E-state index in [2.05, 4.69) is 19.9 Å². The van der Waals surface area contributed by atoms with E-state index in [0.29, 0.717) is 6.42 Å². The highest BCUT2D eigenvalue weighted by molar-refractivity contribution is 6.05. The van der Waals surface area contributed by atoms with Gasteiger partial charge in [-0.1, -0.05) is 199 Å². The maximum Gasteiger partial charge on any atom is 0.240 e. The minimum atomic E-state index is -0.259. The fourth-order valence-corrected chi connectivity index (χ4v) is 6.34. The van der Waals surface area contributed by atoms with Crippen molar-refractivity contribution in [2.75, 3.05) is 0 Å². The second-order valence-corrected chi connectivity index (χ2v) is 14.8. The van der Waals surface area contributed by atoms with E-state index < -0.39 is 0 Å². The number of nitrogens with two attached hydrogens (primary N) is 6. The molecule has 0 aromatic heterocycles. The number of hydrogen-bond acceptors (Lipinski definition) is 8. The van der Waals surface area contributed by atoms with E-state index in [1.807, 2.05) is 12.2 Å². The van der Waals surface area contributed by atoms with Gasteiger partial charge in [0, 0.05) is 25.0 Å². The quantitative estimate of drug-likeness (QED) is 0.0222. The molecule has 0 radical (unpaired) electrons. The van der Waals surface area contributed by atoms with Crippen LogP contribution in [0.1, 0.15) is 213 Å². The van der Waals surface area contributed by atoms with Gasteiger partial charge in [0.05, 0.1) is 5.92 Å². The lowest BCUT2D eigenvalue weighted by molar-refractivity contribution is -0.135. The number of allylic oxidation sites excluding steroid dienone is 2. The summed E-state index contributed by atoms with van der Waals surface area (Å²) in [6.07, 6.45) is 50.8. The lowest BCUT2D eigenvalue weighted by atomic mass is 10.0. The zero-order chi connectivity index (χ0) is 39.6. The Morgan fingerprint density at radius 1 is 0.509 bits per heavy atom. The van der Waals surface area contributed by atoms with Gasteiger partial charge in [-0.3, -0.25) is 14.5 Å². The summed E-state index contributed by atoms with van der Waals surface area (Å²) in [5.74, 6) is -0.0346. The smallest absolute Gasteiger partial charge is 0.240 e. The predicted molar refractivity (Wildman–Crippen MR) is 229 cm³/mol. The van der Waals surface area contributed by atoms with E-state index >= 15 is 0 Å². The summed E-state index contributed by atoms with van der Waals surface area (Å²) in [5.41, 5.74) is 28.7. The summed E-state index contributed by atoms with van der Waals surface area (Å²) in [6.45, 7) is 4.57. The Balaban J connectivity index is 0. The van der Waals surface area contributed by atoms with Crippen LogP contribution in [0.15, 0.2) is 48.5 Å². The van der Waals surface area contributed by atoms with Crippen LogP contribution in [0.25, 0.3) is 0 Å². The molecule has 1 atom stereocenters. The van der Waals surface area contributed by atoms with Crippen LogP contribution in [0.3, 0.4) is 0 Å². The summed E-state index contributed by atoms with van der Waals surface area (Å²) in [7, 11) is 0. The molecule has 9 heteroatoms. The number of amides is 2. The van der Waals surface area contributed by atoms with Crippen molar-refractivity contribution < 1.29 is 9.59 Å². The number of rotatable bonds is 32. The Morgan fingerprint density at radius 2 is 0.792 bits per heavy atom. The molecule has 0 aromatic carbocycles. The first kappa shape index (κ1) is 52.0. The van der Waals surface area contributed by atoms with Crippen molar-refractivity contribution in [1.82, 2.24) is 4.90 Å². The first-order valence-electron chi connectivity index (χ1n) is 21.8. The number of nitrogens with zero attached hydrogens (tertiary/aromatic N) is 1. The highest BCUT2D eigenvalue weighted by Crippen LogP contribution is 2.22. The largest absolute Gasteiger partial charge is 0.402 e. The number of likely N-dealkylation sites (tertiary alicyclic amines) is 1. The summed E-state index contributed by atoms with van der Waals surface area (Å²) in [5, 5.41) is 0. The van der Waals surface area contributed by atoms with Crippen LogP contribution in [0, 0.1) is 5.92 Å². The van der Waals surface area contributed by atoms with Gasteiger partial charge in [-0.05, 0) is 25.7 Å². The third-order valence-corrected chi connectivity index (χ3v) is 9.67. The van der Waals surface area contributed by atoms with Gasteiger partial charge < -0.3 is 34.4 Å². The van der Waals surface area contributed by atoms with Gasteiger partial charge in [-0.25, -0.2) is 0 Å². The monoisotopic (exact) mass is 746 g/mol. The van der Waals surface area contributed by atoms with E-state index in [4.69, 9.17) is 34.4 Å². The van der Waals surface area contributed by atoms with Gasteiger partial charge in [0.1, 0.15) is 11.6 Å². The van der Waals surface area contributed by atoms with Crippen molar-refractivity contribution in [1.29, 1.82) is 0 Å². The van der Waals surface area contributed by atoms with Gasteiger partial charge in [-0.2, -0.15) is 0 Å². The predicted octanol–water partition coefficient (Wildman–Crippen LogP) is 10.5. The molecule has 1 unspecified atom stereocenters. The van der Waals surface area contributed by atoms with Gasteiger partial charge in [0.2, 0.25) is 11.8 Å². The van der Waals surface area contributed by atoms with E-state index in [0.717, 1.165) is 31.7 Å².